The molecule has 0 bridgehead atoms. The first-order chi connectivity index (χ1) is 11.4. The van der Waals surface area contributed by atoms with Crippen molar-refractivity contribution >= 4 is 11.8 Å². The summed E-state index contributed by atoms with van der Waals surface area (Å²) in [5, 5.41) is 5.35. The number of amides is 2. The zero-order chi connectivity index (χ0) is 17.7. The minimum Gasteiger partial charge on any atom is -0.493 e. The fourth-order valence-corrected chi connectivity index (χ4v) is 2.53. The quantitative estimate of drug-likeness (QED) is 0.754. The third-order valence-corrected chi connectivity index (χ3v) is 4.02. The van der Waals surface area contributed by atoms with Gasteiger partial charge in [-0.2, -0.15) is 0 Å². The van der Waals surface area contributed by atoms with Gasteiger partial charge in [-0.15, -0.1) is 0 Å². The number of nitrogens with one attached hydrogen (secondary N) is 2. The average Bonchev–Trinajstić information content (AvgIpc) is 2.74. The van der Waals surface area contributed by atoms with Crippen molar-refractivity contribution < 1.29 is 18.7 Å². The molecule has 1 aromatic rings. The van der Waals surface area contributed by atoms with E-state index in [-0.39, 0.29) is 36.1 Å². The van der Waals surface area contributed by atoms with Crippen LogP contribution in [0.1, 0.15) is 38.3 Å². The smallest absolute Gasteiger partial charge is 0.239 e. The fraction of sp³-hybridized carbons (Fsp3) is 0.529. The van der Waals surface area contributed by atoms with Gasteiger partial charge in [0.15, 0.2) is 0 Å². The van der Waals surface area contributed by atoms with E-state index in [0.29, 0.717) is 24.3 Å². The lowest BCUT2D eigenvalue weighted by Crippen LogP contribution is -2.47. The highest BCUT2D eigenvalue weighted by Crippen LogP contribution is 2.31. The maximum absolute atomic E-state index is 13.5. The molecule has 1 heterocycles. The summed E-state index contributed by atoms with van der Waals surface area (Å²) >= 11 is 0. The van der Waals surface area contributed by atoms with E-state index < -0.39 is 6.04 Å². The zero-order valence-corrected chi connectivity index (χ0v) is 14.0. The number of rotatable bonds is 5. The molecular weight excluding hydrogens is 313 g/mol. The van der Waals surface area contributed by atoms with Crippen molar-refractivity contribution in [1.82, 2.24) is 10.6 Å². The predicted octanol–water partition coefficient (Wildman–Crippen LogP) is 1.26. The standard InChI is InChI=1S/C17H24FN3O3/c1-10(2)16(19)17(23)20-9-15(22)21-13-4-3-7-24-14-6-5-11(18)8-12(13)14/h5-6,8,10,13,16H,3-4,7,9,19H2,1-2H3,(H,20,23)(H,21,22)/t13?,16-/m0/s1. The molecule has 7 heteroatoms. The van der Waals surface area contributed by atoms with Crippen molar-refractivity contribution in [3.05, 3.63) is 29.6 Å². The number of halogens is 1. The summed E-state index contributed by atoms with van der Waals surface area (Å²) in [5.74, 6) is -0.529. The monoisotopic (exact) mass is 337 g/mol. The van der Waals surface area contributed by atoms with E-state index in [4.69, 9.17) is 10.5 Å². The van der Waals surface area contributed by atoms with Gasteiger partial charge in [0.1, 0.15) is 11.6 Å². The highest BCUT2D eigenvalue weighted by Gasteiger charge is 2.23. The largest absolute Gasteiger partial charge is 0.493 e. The molecule has 0 saturated carbocycles. The van der Waals surface area contributed by atoms with Gasteiger partial charge in [-0.3, -0.25) is 9.59 Å². The Bertz CT molecular complexity index is 607. The second kappa shape index (κ2) is 8.10. The van der Waals surface area contributed by atoms with E-state index in [1.165, 1.54) is 12.1 Å². The maximum atomic E-state index is 13.5. The van der Waals surface area contributed by atoms with Crippen molar-refractivity contribution in [3.63, 3.8) is 0 Å². The van der Waals surface area contributed by atoms with Crippen LogP contribution in [0.2, 0.25) is 0 Å². The Morgan fingerprint density at radius 1 is 1.42 bits per heavy atom. The molecule has 24 heavy (non-hydrogen) atoms. The molecule has 0 fully saturated rings. The number of ether oxygens (including phenoxy) is 1. The normalized spacial score (nSPS) is 18.1. The average molecular weight is 337 g/mol. The molecule has 2 amide bonds. The predicted molar refractivity (Wildman–Crippen MR) is 87.8 cm³/mol. The van der Waals surface area contributed by atoms with Crippen LogP contribution in [-0.4, -0.2) is 31.0 Å². The van der Waals surface area contributed by atoms with Gasteiger partial charge in [0, 0.05) is 5.56 Å². The molecule has 2 atom stereocenters. The van der Waals surface area contributed by atoms with Crippen molar-refractivity contribution in [2.45, 2.75) is 38.8 Å². The molecule has 2 rings (SSSR count). The van der Waals surface area contributed by atoms with Crippen molar-refractivity contribution in [2.75, 3.05) is 13.2 Å². The van der Waals surface area contributed by atoms with Gasteiger partial charge >= 0.3 is 0 Å². The lowest BCUT2D eigenvalue weighted by molar-refractivity contribution is -0.127. The molecule has 1 aromatic carbocycles. The summed E-state index contributed by atoms with van der Waals surface area (Å²) in [6.45, 7) is 4.02. The topological polar surface area (TPSA) is 93.5 Å². The lowest BCUT2D eigenvalue weighted by atomic mass is 10.0. The minimum absolute atomic E-state index is 0.0121. The third kappa shape index (κ3) is 4.67. The number of hydrogen-bond donors (Lipinski definition) is 3. The SMILES string of the molecule is CC(C)[C@H](N)C(=O)NCC(=O)NC1CCCOc2ccc(F)cc21. The van der Waals surface area contributed by atoms with E-state index in [9.17, 15) is 14.0 Å². The Hall–Kier alpha value is -2.15. The Balaban J connectivity index is 1.97. The first-order valence-electron chi connectivity index (χ1n) is 8.13. The summed E-state index contributed by atoms with van der Waals surface area (Å²) in [5.41, 5.74) is 6.35. The van der Waals surface area contributed by atoms with Crippen LogP contribution < -0.4 is 21.1 Å². The Kier molecular flexibility index (Phi) is 6.14. The van der Waals surface area contributed by atoms with Crippen LogP contribution in [0.15, 0.2) is 18.2 Å². The van der Waals surface area contributed by atoms with Gasteiger partial charge < -0.3 is 21.1 Å². The maximum Gasteiger partial charge on any atom is 0.239 e. The number of carbonyl (C=O) groups is 2. The molecule has 1 aliphatic heterocycles. The van der Waals surface area contributed by atoms with Crippen LogP contribution in [-0.2, 0) is 9.59 Å². The molecule has 1 aliphatic rings. The van der Waals surface area contributed by atoms with E-state index in [2.05, 4.69) is 10.6 Å². The Labute approximate surface area is 140 Å². The Morgan fingerprint density at radius 3 is 2.88 bits per heavy atom. The summed E-state index contributed by atoms with van der Waals surface area (Å²) in [4.78, 5) is 23.9. The molecule has 0 aliphatic carbocycles. The highest BCUT2D eigenvalue weighted by molar-refractivity contribution is 5.87. The zero-order valence-electron chi connectivity index (χ0n) is 14.0. The highest BCUT2D eigenvalue weighted by atomic mass is 19.1. The van der Waals surface area contributed by atoms with E-state index in [0.717, 1.165) is 6.42 Å². The van der Waals surface area contributed by atoms with Crippen LogP contribution in [0, 0.1) is 11.7 Å². The first kappa shape index (κ1) is 18.2. The molecule has 4 N–H and O–H groups in total. The van der Waals surface area contributed by atoms with Gasteiger partial charge in [-0.05, 0) is 37.0 Å². The molecule has 0 spiro atoms. The number of carbonyl (C=O) groups excluding carboxylic acids is 2. The third-order valence-electron chi connectivity index (χ3n) is 4.02. The number of benzene rings is 1. The molecule has 132 valence electrons. The van der Waals surface area contributed by atoms with Gasteiger partial charge in [0.25, 0.3) is 0 Å². The van der Waals surface area contributed by atoms with Crippen molar-refractivity contribution in [2.24, 2.45) is 11.7 Å². The second-order valence-corrected chi connectivity index (χ2v) is 6.28. The van der Waals surface area contributed by atoms with Gasteiger partial charge in [-0.1, -0.05) is 13.8 Å². The number of hydrogen-bond acceptors (Lipinski definition) is 4. The van der Waals surface area contributed by atoms with E-state index in [1.807, 2.05) is 13.8 Å². The molecular formula is C17H24FN3O3. The number of nitrogens with two attached hydrogens (primary N) is 1. The van der Waals surface area contributed by atoms with Crippen molar-refractivity contribution in [1.29, 1.82) is 0 Å². The fourth-order valence-electron chi connectivity index (χ4n) is 2.53. The van der Waals surface area contributed by atoms with E-state index >= 15 is 0 Å². The molecule has 6 nitrogen and oxygen atoms in total. The number of fused-ring (bicyclic) bond motifs is 1. The summed E-state index contributed by atoms with van der Waals surface area (Å²) in [6, 6.07) is 3.27. The minimum atomic E-state index is -0.654. The first-order valence-corrected chi connectivity index (χ1v) is 8.13. The van der Waals surface area contributed by atoms with Crippen molar-refractivity contribution in [3.8, 4) is 5.75 Å². The van der Waals surface area contributed by atoms with Crippen LogP contribution in [0.4, 0.5) is 4.39 Å². The molecule has 0 aromatic heterocycles. The lowest BCUT2D eigenvalue weighted by Gasteiger charge is -2.19. The van der Waals surface area contributed by atoms with Crippen LogP contribution in [0.25, 0.3) is 0 Å². The van der Waals surface area contributed by atoms with Gasteiger partial charge in [0.2, 0.25) is 11.8 Å². The Morgan fingerprint density at radius 2 is 2.17 bits per heavy atom. The second-order valence-electron chi connectivity index (χ2n) is 6.28. The summed E-state index contributed by atoms with van der Waals surface area (Å²) < 4.78 is 19.1. The summed E-state index contributed by atoms with van der Waals surface area (Å²) in [6.07, 6.45) is 1.38. The van der Waals surface area contributed by atoms with Crippen LogP contribution >= 0.6 is 0 Å². The van der Waals surface area contributed by atoms with Crippen LogP contribution in [0.3, 0.4) is 0 Å². The molecule has 0 radical (unpaired) electrons. The van der Waals surface area contributed by atoms with Crippen LogP contribution in [0.5, 0.6) is 5.75 Å². The van der Waals surface area contributed by atoms with Gasteiger partial charge in [0.05, 0.1) is 25.2 Å². The van der Waals surface area contributed by atoms with E-state index in [1.54, 1.807) is 6.07 Å². The molecule has 1 unspecified atom stereocenters. The summed E-state index contributed by atoms with van der Waals surface area (Å²) in [7, 11) is 0. The molecule has 0 saturated heterocycles. The van der Waals surface area contributed by atoms with Gasteiger partial charge in [-0.25, -0.2) is 4.39 Å².